The first-order valence-electron chi connectivity index (χ1n) is 4.90. The fourth-order valence-electron chi connectivity index (χ4n) is 0.879. The van der Waals surface area contributed by atoms with Crippen molar-refractivity contribution < 1.29 is 23.9 Å². The van der Waals surface area contributed by atoms with Gasteiger partial charge in [-0.05, 0) is 6.92 Å². The highest BCUT2D eigenvalue weighted by Crippen LogP contribution is 1.92. The molecule has 7 nitrogen and oxygen atoms in total. The zero-order chi connectivity index (χ0) is 12.4. The Labute approximate surface area is 93.3 Å². The molecule has 0 heterocycles. The van der Waals surface area contributed by atoms with Crippen molar-refractivity contribution in [2.75, 3.05) is 19.8 Å². The van der Waals surface area contributed by atoms with Crippen molar-refractivity contribution in [2.45, 2.75) is 19.8 Å². The fraction of sp³-hybridized carbons (Fsp3) is 0.667. The van der Waals surface area contributed by atoms with E-state index >= 15 is 0 Å². The van der Waals surface area contributed by atoms with Crippen LogP contribution in [0.1, 0.15) is 19.8 Å². The summed E-state index contributed by atoms with van der Waals surface area (Å²) in [5.74, 6) is -0.716. The van der Waals surface area contributed by atoms with Crippen LogP contribution in [-0.2, 0) is 19.1 Å². The Hall–Kier alpha value is -1.79. The van der Waals surface area contributed by atoms with Crippen LogP contribution in [0.5, 0.6) is 0 Å². The van der Waals surface area contributed by atoms with Gasteiger partial charge in [-0.15, -0.1) is 0 Å². The van der Waals surface area contributed by atoms with E-state index in [1.54, 1.807) is 6.92 Å². The number of nitrogens with one attached hydrogen (secondary N) is 1. The SMILES string of the molecule is CCOC(=O)CCC(=O)NCCOC(N)=O. The van der Waals surface area contributed by atoms with Gasteiger partial charge in [-0.25, -0.2) is 4.79 Å². The van der Waals surface area contributed by atoms with Crippen LogP contribution in [0.4, 0.5) is 4.79 Å². The summed E-state index contributed by atoms with van der Waals surface area (Å²) in [6.45, 7) is 2.18. The van der Waals surface area contributed by atoms with Crippen LogP contribution in [0, 0.1) is 0 Å². The van der Waals surface area contributed by atoms with Crippen LogP contribution in [0.25, 0.3) is 0 Å². The maximum atomic E-state index is 11.1. The predicted molar refractivity (Wildman–Crippen MR) is 54.4 cm³/mol. The van der Waals surface area contributed by atoms with Crippen molar-refractivity contribution in [2.24, 2.45) is 5.73 Å². The van der Waals surface area contributed by atoms with Gasteiger partial charge in [0.25, 0.3) is 0 Å². The molecule has 0 atom stereocenters. The first kappa shape index (κ1) is 14.2. The topological polar surface area (TPSA) is 108 Å². The number of ether oxygens (including phenoxy) is 2. The summed E-state index contributed by atoms with van der Waals surface area (Å²) in [5.41, 5.74) is 4.71. The number of carbonyl (C=O) groups excluding carboxylic acids is 3. The van der Waals surface area contributed by atoms with Crippen molar-refractivity contribution in [3.8, 4) is 0 Å². The summed E-state index contributed by atoms with van der Waals surface area (Å²) >= 11 is 0. The van der Waals surface area contributed by atoms with E-state index in [9.17, 15) is 14.4 Å². The Kier molecular flexibility index (Phi) is 7.56. The molecule has 0 unspecified atom stereocenters. The zero-order valence-electron chi connectivity index (χ0n) is 9.15. The number of nitrogens with two attached hydrogens (primary N) is 1. The van der Waals surface area contributed by atoms with Crippen LogP contribution >= 0.6 is 0 Å². The smallest absolute Gasteiger partial charge is 0.404 e. The molecule has 0 bridgehead atoms. The fourth-order valence-corrected chi connectivity index (χ4v) is 0.879. The monoisotopic (exact) mass is 232 g/mol. The molecule has 16 heavy (non-hydrogen) atoms. The Morgan fingerprint density at radius 2 is 1.88 bits per heavy atom. The average molecular weight is 232 g/mol. The van der Waals surface area contributed by atoms with E-state index in [0.717, 1.165) is 0 Å². The summed E-state index contributed by atoms with van der Waals surface area (Å²) in [5, 5.41) is 2.46. The van der Waals surface area contributed by atoms with E-state index in [1.807, 2.05) is 0 Å². The molecular formula is C9H16N2O5. The Bertz CT molecular complexity index is 254. The summed E-state index contributed by atoms with van der Waals surface area (Å²) in [6.07, 6.45) is -0.799. The van der Waals surface area contributed by atoms with Gasteiger partial charge in [0.15, 0.2) is 0 Å². The van der Waals surface area contributed by atoms with Gasteiger partial charge < -0.3 is 20.5 Å². The second kappa shape index (κ2) is 8.51. The minimum Gasteiger partial charge on any atom is -0.466 e. The molecule has 0 radical (unpaired) electrons. The molecule has 0 fully saturated rings. The van der Waals surface area contributed by atoms with Gasteiger partial charge in [0.2, 0.25) is 5.91 Å². The van der Waals surface area contributed by atoms with E-state index in [2.05, 4.69) is 14.8 Å². The molecule has 0 aliphatic heterocycles. The van der Waals surface area contributed by atoms with Gasteiger partial charge >= 0.3 is 12.1 Å². The average Bonchev–Trinajstić information content (AvgIpc) is 2.22. The highest BCUT2D eigenvalue weighted by atomic mass is 16.5. The second-order valence-corrected chi connectivity index (χ2v) is 2.82. The summed E-state index contributed by atoms with van der Waals surface area (Å²) < 4.78 is 9.03. The molecule has 0 spiro atoms. The highest BCUT2D eigenvalue weighted by molar-refractivity contribution is 5.81. The van der Waals surface area contributed by atoms with Gasteiger partial charge in [-0.2, -0.15) is 0 Å². The number of carbonyl (C=O) groups is 3. The molecule has 7 heteroatoms. The molecule has 2 amide bonds. The number of hydrogen-bond donors (Lipinski definition) is 2. The van der Waals surface area contributed by atoms with Crippen LogP contribution in [0.15, 0.2) is 0 Å². The first-order valence-corrected chi connectivity index (χ1v) is 4.90. The van der Waals surface area contributed by atoms with Gasteiger partial charge in [-0.1, -0.05) is 0 Å². The lowest BCUT2D eigenvalue weighted by molar-refractivity contribution is -0.144. The zero-order valence-corrected chi connectivity index (χ0v) is 9.15. The van der Waals surface area contributed by atoms with Crippen LogP contribution in [0.3, 0.4) is 0 Å². The van der Waals surface area contributed by atoms with E-state index in [1.165, 1.54) is 0 Å². The predicted octanol–water partition coefficient (Wildman–Crippen LogP) is -0.459. The largest absolute Gasteiger partial charge is 0.466 e. The molecule has 0 aliphatic rings. The molecule has 0 saturated carbocycles. The molecule has 92 valence electrons. The Balaban J connectivity index is 3.44. The molecule has 0 rings (SSSR count). The van der Waals surface area contributed by atoms with E-state index in [-0.39, 0.29) is 31.9 Å². The lowest BCUT2D eigenvalue weighted by Gasteiger charge is -2.04. The Morgan fingerprint density at radius 3 is 2.44 bits per heavy atom. The van der Waals surface area contributed by atoms with Crippen molar-refractivity contribution in [1.82, 2.24) is 5.32 Å². The van der Waals surface area contributed by atoms with E-state index in [4.69, 9.17) is 5.73 Å². The molecule has 0 aromatic heterocycles. The minimum absolute atomic E-state index is 0.0144. The molecular weight excluding hydrogens is 216 g/mol. The lowest BCUT2D eigenvalue weighted by Crippen LogP contribution is -2.29. The lowest BCUT2D eigenvalue weighted by atomic mass is 10.3. The summed E-state index contributed by atoms with van der Waals surface area (Å²) in [4.78, 5) is 32.1. The third kappa shape index (κ3) is 8.79. The second-order valence-electron chi connectivity index (χ2n) is 2.82. The molecule has 0 aromatic carbocycles. The van der Waals surface area contributed by atoms with Gasteiger partial charge in [0.05, 0.1) is 19.6 Å². The third-order valence-corrected chi connectivity index (χ3v) is 1.53. The number of primary amides is 1. The molecule has 0 saturated heterocycles. The van der Waals surface area contributed by atoms with Gasteiger partial charge in [0.1, 0.15) is 6.61 Å². The standard InChI is InChI=1S/C9H16N2O5/c1-2-15-8(13)4-3-7(12)11-5-6-16-9(10)14/h2-6H2,1H3,(H2,10,14)(H,11,12). The first-order chi connectivity index (χ1) is 7.56. The van der Waals surface area contributed by atoms with Crippen LogP contribution in [0.2, 0.25) is 0 Å². The van der Waals surface area contributed by atoms with Crippen molar-refractivity contribution in [3.05, 3.63) is 0 Å². The maximum Gasteiger partial charge on any atom is 0.404 e. The quantitative estimate of drug-likeness (QED) is 0.456. The number of hydrogen-bond acceptors (Lipinski definition) is 5. The van der Waals surface area contributed by atoms with Crippen LogP contribution in [-0.4, -0.2) is 37.7 Å². The number of rotatable bonds is 7. The number of amides is 2. The maximum absolute atomic E-state index is 11.1. The van der Waals surface area contributed by atoms with Gasteiger partial charge in [-0.3, -0.25) is 9.59 Å². The van der Waals surface area contributed by atoms with Crippen molar-refractivity contribution in [1.29, 1.82) is 0 Å². The third-order valence-electron chi connectivity index (χ3n) is 1.53. The molecule has 3 N–H and O–H groups in total. The summed E-state index contributed by atoms with van der Waals surface area (Å²) in [6, 6.07) is 0. The normalized spacial score (nSPS) is 9.31. The summed E-state index contributed by atoms with van der Waals surface area (Å²) in [7, 11) is 0. The Morgan fingerprint density at radius 1 is 1.19 bits per heavy atom. The molecule has 0 aromatic rings. The highest BCUT2D eigenvalue weighted by Gasteiger charge is 2.06. The number of esters is 1. The van der Waals surface area contributed by atoms with Crippen LogP contribution < -0.4 is 11.1 Å². The molecule has 0 aliphatic carbocycles. The van der Waals surface area contributed by atoms with E-state index < -0.39 is 12.1 Å². The van der Waals surface area contributed by atoms with Crippen molar-refractivity contribution >= 4 is 18.0 Å². The minimum atomic E-state index is -0.888. The van der Waals surface area contributed by atoms with Crippen molar-refractivity contribution in [3.63, 3.8) is 0 Å². The van der Waals surface area contributed by atoms with Gasteiger partial charge in [0, 0.05) is 6.42 Å². The van der Waals surface area contributed by atoms with E-state index in [0.29, 0.717) is 6.61 Å².